The fraction of sp³-hybridized carbons (Fsp3) is 0.643. The molecule has 1 amide bonds. The second-order valence-electron chi connectivity index (χ2n) is 5.17. The first-order valence-electron chi connectivity index (χ1n) is 7.30. The van der Waals surface area contributed by atoms with Crippen molar-refractivity contribution >= 4 is 6.09 Å². The summed E-state index contributed by atoms with van der Waals surface area (Å²) >= 11 is 0. The number of nitrogens with one attached hydrogen (secondary N) is 2. The molecule has 21 heavy (non-hydrogen) atoms. The van der Waals surface area contributed by atoms with Gasteiger partial charge in [0, 0.05) is 43.9 Å². The topological polar surface area (TPSA) is 87.3 Å². The summed E-state index contributed by atoms with van der Waals surface area (Å²) in [5, 5.41) is 3.38. The number of likely N-dealkylation sites (tertiary alicyclic amines) is 1. The third-order valence-corrected chi connectivity index (χ3v) is 3.43. The van der Waals surface area contributed by atoms with Crippen LogP contribution in [0.4, 0.5) is 4.79 Å². The molecule has 0 saturated carbocycles. The Morgan fingerprint density at radius 3 is 3.14 bits per heavy atom. The standard InChI is InChI=1S/C14H22N4O3/c1-3-21-14(20)18-7-5-11(9-18)15-6-4-12-16-10(2)8-13(19)17-12/h8,11,15H,3-7,9H2,1-2H3,(H,16,17,19). The number of aromatic amines is 1. The van der Waals surface area contributed by atoms with Gasteiger partial charge < -0.3 is 19.9 Å². The molecule has 2 heterocycles. The van der Waals surface area contributed by atoms with Gasteiger partial charge in [0.1, 0.15) is 5.82 Å². The third-order valence-electron chi connectivity index (χ3n) is 3.43. The van der Waals surface area contributed by atoms with E-state index in [1.54, 1.807) is 18.7 Å². The van der Waals surface area contributed by atoms with Crippen molar-refractivity contribution in [1.82, 2.24) is 20.2 Å². The van der Waals surface area contributed by atoms with Crippen molar-refractivity contribution in [2.45, 2.75) is 32.7 Å². The minimum Gasteiger partial charge on any atom is -0.450 e. The van der Waals surface area contributed by atoms with Gasteiger partial charge in [0.05, 0.1) is 6.61 Å². The molecule has 1 aromatic rings. The molecule has 7 heteroatoms. The quantitative estimate of drug-likeness (QED) is 0.823. The SMILES string of the molecule is CCOC(=O)N1CCC(NCCc2nc(C)cc(=O)[nH]2)C1. The van der Waals surface area contributed by atoms with Crippen LogP contribution in [0.2, 0.25) is 0 Å². The Hall–Kier alpha value is -1.89. The van der Waals surface area contributed by atoms with Gasteiger partial charge in [-0.2, -0.15) is 0 Å². The average Bonchev–Trinajstić information content (AvgIpc) is 2.87. The lowest BCUT2D eigenvalue weighted by Gasteiger charge is -2.16. The second-order valence-corrected chi connectivity index (χ2v) is 5.17. The van der Waals surface area contributed by atoms with Crippen LogP contribution in [0.15, 0.2) is 10.9 Å². The van der Waals surface area contributed by atoms with E-state index in [0.29, 0.717) is 31.9 Å². The normalized spacial score (nSPS) is 18.0. The smallest absolute Gasteiger partial charge is 0.409 e. The van der Waals surface area contributed by atoms with Gasteiger partial charge >= 0.3 is 6.09 Å². The molecule has 0 bridgehead atoms. The highest BCUT2D eigenvalue weighted by Gasteiger charge is 2.26. The lowest BCUT2D eigenvalue weighted by Crippen LogP contribution is -2.36. The number of H-pyrrole nitrogens is 1. The molecule has 1 fully saturated rings. The first-order chi connectivity index (χ1) is 10.1. The van der Waals surface area contributed by atoms with Gasteiger partial charge in [-0.15, -0.1) is 0 Å². The van der Waals surface area contributed by atoms with Gasteiger partial charge in [-0.05, 0) is 20.3 Å². The van der Waals surface area contributed by atoms with Crippen molar-refractivity contribution < 1.29 is 9.53 Å². The highest BCUT2D eigenvalue weighted by atomic mass is 16.6. The maximum absolute atomic E-state index is 11.6. The van der Waals surface area contributed by atoms with Crippen LogP contribution in [0.3, 0.4) is 0 Å². The van der Waals surface area contributed by atoms with Crippen molar-refractivity contribution in [2.75, 3.05) is 26.2 Å². The maximum atomic E-state index is 11.6. The second kappa shape index (κ2) is 7.21. The first-order valence-corrected chi connectivity index (χ1v) is 7.30. The van der Waals surface area contributed by atoms with Crippen LogP contribution in [0.5, 0.6) is 0 Å². The Morgan fingerprint density at radius 2 is 2.43 bits per heavy atom. The number of rotatable bonds is 5. The van der Waals surface area contributed by atoms with Gasteiger partial charge in [-0.25, -0.2) is 9.78 Å². The molecule has 0 aromatic carbocycles. The van der Waals surface area contributed by atoms with Gasteiger partial charge in [0.25, 0.3) is 5.56 Å². The highest BCUT2D eigenvalue weighted by Crippen LogP contribution is 2.10. The van der Waals surface area contributed by atoms with E-state index in [0.717, 1.165) is 18.7 Å². The summed E-state index contributed by atoms with van der Waals surface area (Å²) in [6.45, 7) is 6.11. The van der Waals surface area contributed by atoms with E-state index in [2.05, 4.69) is 15.3 Å². The summed E-state index contributed by atoms with van der Waals surface area (Å²) in [6, 6.07) is 1.75. The number of carbonyl (C=O) groups excluding carboxylic acids is 1. The summed E-state index contributed by atoms with van der Waals surface area (Å²) in [7, 11) is 0. The van der Waals surface area contributed by atoms with Crippen LogP contribution in [-0.2, 0) is 11.2 Å². The molecule has 0 aliphatic carbocycles. The zero-order chi connectivity index (χ0) is 15.2. The molecule has 0 spiro atoms. The summed E-state index contributed by atoms with van der Waals surface area (Å²) in [5.41, 5.74) is 0.606. The Balaban J connectivity index is 1.74. The van der Waals surface area contributed by atoms with Gasteiger partial charge in [-0.3, -0.25) is 4.79 Å². The predicted octanol–water partition coefficient (Wildman–Crippen LogP) is 0.441. The molecule has 7 nitrogen and oxygen atoms in total. The molecule has 0 radical (unpaired) electrons. The number of amides is 1. The Labute approximate surface area is 123 Å². The number of nitrogens with zero attached hydrogens (tertiary/aromatic N) is 2. The molecular weight excluding hydrogens is 272 g/mol. The van der Waals surface area contributed by atoms with Crippen LogP contribution >= 0.6 is 0 Å². The van der Waals surface area contributed by atoms with Crippen molar-refractivity contribution in [3.63, 3.8) is 0 Å². The van der Waals surface area contributed by atoms with E-state index in [1.807, 2.05) is 0 Å². The molecule has 1 aromatic heterocycles. The number of hydrogen-bond acceptors (Lipinski definition) is 5. The van der Waals surface area contributed by atoms with E-state index in [1.165, 1.54) is 6.07 Å². The molecular formula is C14H22N4O3. The van der Waals surface area contributed by atoms with E-state index in [9.17, 15) is 9.59 Å². The fourth-order valence-corrected chi connectivity index (χ4v) is 2.46. The van der Waals surface area contributed by atoms with Crippen molar-refractivity contribution in [1.29, 1.82) is 0 Å². The number of aromatic nitrogens is 2. The lowest BCUT2D eigenvalue weighted by atomic mass is 10.2. The van der Waals surface area contributed by atoms with E-state index in [4.69, 9.17) is 4.74 Å². The largest absolute Gasteiger partial charge is 0.450 e. The average molecular weight is 294 g/mol. The van der Waals surface area contributed by atoms with Crippen molar-refractivity contribution in [2.24, 2.45) is 0 Å². The monoisotopic (exact) mass is 294 g/mol. The van der Waals surface area contributed by atoms with Crippen LogP contribution < -0.4 is 10.9 Å². The third kappa shape index (κ3) is 4.56. The van der Waals surface area contributed by atoms with Crippen LogP contribution in [0, 0.1) is 6.92 Å². The molecule has 116 valence electrons. The molecule has 2 rings (SSSR count). The predicted molar refractivity (Wildman–Crippen MR) is 78.3 cm³/mol. The van der Waals surface area contributed by atoms with Gasteiger partial charge in [0.2, 0.25) is 0 Å². The zero-order valence-corrected chi connectivity index (χ0v) is 12.5. The molecule has 1 saturated heterocycles. The molecule has 2 N–H and O–H groups in total. The first kappa shape index (κ1) is 15.5. The summed E-state index contributed by atoms with van der Waals surface area (Å²) < 4.78 is 4.98. The maximum Gasteiger partial charge on any atom is 0.409 e. The summed E-state index contributed by atoms with van der Waals surface area (Å²) in [6.07, 6.45) is 1.33. The van der Waals surface area contributed by atoms with Crippen molar-refractivity contribution in [3.8, 4) is 0 Å². The Morgan fingerprint density at radius 1 is 1.62 bits per heavy atom. The number of ether oxygens (including phenoxy) is 1. The van der Waals surface area contributed by atoms with Crippen LogP contribution in [0.25, 0.3) is 0 Å². The zero-order valence-electron chi connectivity index (χ0n) is 12.5. The van der Waals surface area contributed by atoms with Crippen LogP contribution in [-0.4, -0.2) is 53.2 Å². The van der Waals surface area contributed by atoms with Gasteiger partial charge in [0.15, 0.2) is 0 Å². The molecule has 1 unspecified atom stereocenters. The minimum atomic E-state index is -0.244. The Kier molecular flexibility index (Phi) is 5.32. The van der Waals surface area contributed by atoms with Crippen molar-refractivity contribution in [3.05, 3.63) is 27.9 Å². The van der Waals surface area contributed by atoms with E-state index in [-0.39, 0.29) is 17.7 Å². The Bertz CT molecular complexity index is 543. The minimum absolute atomic E-state index is 0.119. The molecule has 1 aliphatic rings. The molecule has 1 aliphatic heterocycles. The van der Waals surface area contributed by atoms with Crippen LogP contribution in [0.1, 0.15) is 24.9 Å². The summed E-state index contributed by atoms with van der Waals surface area (Å²) in [5.74, 6) is 0.688. The van der Waals surface area contributed by atoms with Gasteiger partial charge in [-0.1, -0.05) is 0 Å². The fourth-order valence-electron chi connectivity index (χ4n) is 2.46. The van der Waals surface area contributed by atoms with E-state index >= 15 is 0 Å². The van der Waals surface area contributed by atoms with E-state index < -0.39 is 0 Å². The highest BCUT2D eigenvalue weighted by molar-refractivity contribution is 5.68. The lowest BCUT2D eigenvalue weighted by molar-refractivity contribution is 0.115. The summed E-state index contributed by atoms with van der Waals surface area (Å²) in [4.78, 5) is 31.7. The number of hydrogen-bond donors (Lipinski definition) is 2. The number of aryl methyl sites for hydroxylation is 1. The molecule has 1 atom stereocenters. The number of carbonyl (C=O) groups is 1.